The predicted molar refractivity (Wildman–Crippen MR) is 266 cm³/mol. The lowest BCUT2D eigenvalue weighted by molar-refractivity contribution is 0.669. The number of furan rings is 2. The summed E-state index contributed by atoms with van der Waals surface area (Å²) in [5, 5.41) is 6.54. The van der Waals surface area contributed by atoms with Gasteiger partial charge in [0.2, 0.25) is 0 Å². The number of fused-ring (bicyclic) bond motifs is 9. The van der Waals surface area contributed by atoms with Crippen molar-refractivity contribution in [2.75, 3.05) is 4.90 Å². The van der Waals surface area contributed by atoms with Crippen molar-refractivity contribution in [3.8, 4) is 39.1 Å². The Balaban J connectivity index is 1.13. The van der Waals surface area contributed by atoms with E-state index in [0.717, 1.165) is 116 Å². The van der Waals surface area contributed by atoms with Crippen molar-refractivity contribution in [3.05, 3.63) is 231 Å². The monoisotopic (exact) mass is 818 g/mol. The van der Waals surface area contributed by atoms with Crippen LogP contribution in [0.3, 0.4) is 0 Å². The second-order valence-corrected chi connectivity index (χ2v) is 16.4. The second-order valence-electron chi connectivity index (χ2n) is 16.4. The molecule has 0 aliphatic heterocycles. The molecule has 3 heterocycles. The van der Waals surface area contributed by atoms with Gasteiger partial charge in [0.05, 0.1) is 27.8 Å². The fraction of sp³-hybridized carbons (Fsp3) is 0. The van der Waals surface area contributed by atoms with Crippen LogP contribution in [-0.4, -0.2) is 4.57 Å². The van der Waals surface area contributed by atoms with E-state index in [4.69, 9.17) is 8.83 Å². The van der Waals surface area contributed by atoms with Crippen molar-refractivity contribution in [2.24, 2.45) is 0 Å². The molecule has 0 radical (unpaired) electrons. The Bertz CT molecular complexity index is 3880. The van der Waals surface area contributed by atoms with Crippen LogP contribution in [-0.2, 0) is 0 Å². The van der Waals surface area contributed by atoms with Gasteiger partial charge in [-0.25, -0.2) is 0 Å². The Morgan fingerprint density at radius 3 is 1.69 bits per heavy atom. The summed E-state index contributed by atoms with van der Waals surface area (Å²) >= 11 is 0. The summed E-state index contributed by atoms with van der Waals surface area (Å²) in [7, 11) is 0. The molecule has 64 heavy (non-hydrogen) atoms. The zero-order valence-corrected chi connectivity index (χ0v) is 34.7. The van der Waals surface area contributed by atoms with E-state index in [2.05, 4.69) is 240 Å². The molecule has 13 rings (SSSR count). The number of benzene rings is 10. The third-order valence-corrected chi connectivity index (χ3v) is 12.8. The first-order valence-electron chi connectivity index (χ1n) is 21.8. The Morgan fingerprint density at radius 2 is 0.938 bits per heavy atom. The maximum Gasteiger partial charge on any atom is 0.159 e. The number of rotatable bonds is 7. The second kappa shape index (κ2) is 14.5. The Morgan fingerprint density at radius 1 is 0.328 bits per heavy atom. The summed E-state index contributed by atoms with van der Waals surface area (Å²) in [4.78, 5) is 2.39. The highest BCUT2D eigenvalue weighted by Gasteiger charge is 2.27. The first-order chi connectivity index (χ1) is 31.8. The number of aromatic nitrogens is 1. The molecule has 13 aromatic rings. The third kappa shape index (κ3) is 5.63. The topological polar surface area (TPSA) is 34.5 Å². The van der Waals surface area contributed by atoms with E-state index in [0.29, 0.717) is 0 Å². The first kappa shape index (κ1) is 36.1. The number of hydrogen-bond donors (Lipinski definition) is 0. The van der Waals surface area contributed by atoms with Gasteiger partial charge in [-0.2, -0.15) is 0 Å². The molecule has 0 aliphatic rings. The van der Waals surface area contributed by atoms with Gasteiger partial charge in [-0.3, -0.25) is 0 Å². The van der Waals surface area contributed by atoms with Crippen molar-refractivity contribution in [1.82, 2.24) is 4.57 Å². The lowest BCUT2D eigenvalue weighted by Crippen LogP contribution is -2.11. The molecule has 0 atom stereocenters. The van der Waals surface area contributed by atoms with Gasteiger partial charge in [0, 0.05) is 49.4 Å². The summed E-state index contributed by atoms with van der Waals surface area (Å²) in [6.07, 6.45) is 0. The van der Waals surface area contributed by atoms with E-state index in [1.54, 1.807) is 0 Å². The van der Waals surface area contributed by atoms with Crippen molar-refractivity contribution < 1.29 is 8.83 Å². The van der Waals surface area contributed by atoms with Crippen LogP contribution in [0.15, 0.2) is 239 Å². The Hall–Kier alpha value is -8.60. The summed E-state index contributed by atoms with van der Waals surface area (Å²) in [6, 6.07) is 81.9. The van der Waals surface area contributed by atoms with Crippen LogP contribution < -0.4 is 4.90 Å². The third-order valence-electron chi connectivity index (χ3n) is 12.8. The molecule has 0 bridgehead atoms. The van der Waals surface area contributed by atoms with Crippen LogP contribution in [0.4, 0.5) is 17.1 Å². The molecular formula is C60H38N2O2. The molecule has 3 aromatic heterocycles. The smallest absolute Gasteiger partial charge is 0.159 e. The normalized spacial score (nSPS) is 11.8. The molecule has 0 aliphatic carbocycles. The van der Waals surface area contributed by atoms with Crippen molar-refractivity contribution >= 4 is 82.7 Å². The van der Waals surface area contributed by atoms with E-state index >= 15 is 0 Å². The SMILES string of the molecule is c1ccc(-c2ccc3c(c2)oc2c(-c4ccccc4)ccc(N(c4ccc5c(c4)c4ccccc4n5-c4ccccc4)c4cccc5c4oc4c(-c6ccccc6)cccc45)c23)cc1. The van der Waals surface area contributed by atoms with E-state index in [1.807, 2.05) is 0 Å². The van der Waals surface area contributed by atoms with Gasteiger partial charge < -0.3 is 18.3 Å². The fourth-order valence-electron chi connectivity index (χ4n) is 9.89. The molecule has 300 valence electrons. The number of anilines is 3. The van der Waals surface area contributed by atoms with Gasteiger partial charge in [-0.05, 0) is 89.0 Å². The average Bonchev–Trinajstić information content (AvgIpc) is 4.05. The van der Waals surface area contributed by atoms with Crippen LogP contribution in [0.25, 0.3) is 105 Å². The maximum atomic E-state index is 7.18. The molecule has 0 N–H and O–H groups in total. The van der Waals surface area contributed by atoms with Gasteiger partial charge in [0.15, 0.2) is 5.58 Å². The Labute approximate surface area is 369 Å². The quantitative estimate of drug-likeness (QED) is 0.161. The van der Waals surface area contributed by atoms with E-state index in [-0.39, 0.29) is 0 Å². The fourth-order valence-corrected chi connectivity index (χ4v) is 9.89. The zero-order valence-electron chi connectivity index (χ0n) is 34.7. The molecule has 0 saturated heterocycles. The molecule has 0 saturated carbocycles. The van der Waals surface area contributed by atoms with Gasteiger partial charge in [-0.1, -0.05) is 164 Å². The molecule has 0 unspecified atom stereocenters. The standard InChI is InChI=1S/C60H38N2O2/c1-5-17-39(18-6-1)42-31-33-50-56(37-42)63-60-46(41-21-9-3-10-22-41)34-36-54(57(50)60)62(44-32-35-53-51(38-44)47-25-13-14-29-52(47)61(53)43-23-11-4-12-24-43)55-30-16-28-49-48-27-15-26-45(58(48)64-59(49)55)40-19-7-2-8-20-40/h1-38H. The number of hydrogen-bond acceptors (Lipinski definition) is 3. The predicted octanol–water partition coefficient (Wildman–Crippen LogP) is 17.1. The molecule has 0 spiro atoms. The molecular weight excluding hydrogens is 781 g/mol. The van der Waals surface area contributed by atoms with Crippen LogP contribution in [0, 0.1) is 0 Å². The van der Waals surface area contributed by atoms with Crippen LogP contribution >= 0.6 is 0 Å². The molecule has 4 heteroatoms. The van der Waals surface area contributed by atoms with E-state index in [9.17, 15) is 0 Å². The van der Waals surface area contributed by atoms with Gasteiger partial charge in [0.1, 0.15) is 16.7 Å². The highest BCUT2D eigenvalue weighted by molar-refractivity contribution is 6.20. The van der Waals surface area contributed by atoms with E-state index in [1.165, 1.54) is 5.39 Å². The highest BCUT2D eigenvalue weighted by Crippen LogP contribution is 2.50. The first-order valence-corrected chi connectivity index (χ1v) is 21.8. The highest BCUT2D eigenvalue weighted by atomic mass is 16.3. The van der Waals surface area contributed by atoms with Crippen molar-refractivity contribution in [3.63, 3.8) is 0 Å². The maximum absolute atomic E-state index is 7.18. The summed E-state index contributed by atoms with van der Waals surface area (Å²) < 4.78 is 16.6. The van der Waals surface area contributed by atoms with Crippen molar-refractivity contribution in [1.29, 1.82) is 0 Å². The summed E-state index contributed by atoms with van der Waals surface area (Å²) in [6.45, 7) is 0. The Kier molecular flexibility index (Phi) is 8.18. The van der Waals surface area contributed by atoms with Crippen LogP contribution in [0.5, 0.6) is 0 Å². The summed E-state index contributed by atoms with van der Waals surface area (Å²) in [5.41, 5.74) is 16.2. The lowest BCUT2D eigenvalue weighted by Gasteiger charge is -2.27. The molecule has 10 aromatic carbocycles. The number of nitrogens with zero attached hydrogens (tertiary/aromatic N) is 2. The zero-order chi connectivity index (χ0) is 42.1. The lowest BCUT2D eigenvalue weighted by atomic mass is 9.98. The largest absolute Gasteiger partial charge is 0.455 e. The minimum absolute atomic E-state index is 0.812. The number of para-hydroxylation sites is 4. The molecule has 0 amide bonds. The van der Waals surface area contributed by atoms with Crippen molar-refractivity contribution in [2.45, 2.75) is 0 Å². The summed E-state index contributed by atoms with van der Waals surface area (Å²) in [5.74, 6) is 0. The molecule has 0 fully saturated rings. The van der Waals surface area contributed by atoms with Gasteiger partial charge >= 0.3 is 0 Å². The van der Waals surface area contributed by atoms with E-state index < -0.39 is 0 Å². The average molecular weight is 819 g/mol. The van der Waals surface area contributed by atoms with Gasteiger partial charge in [-0.15, -0.1) is 0 Å². The van der Waals surface area contributed by atoms with Gasteiger partial charge in [0.25, 0.3) is 0 Å². The van der Waals surface area contributed by atoms with Crippen LogP contribution in [0.2, 0.25) is 0 Å². The minimum Gasteiger partial charge on any atom is -0.455 e. The minimum atomic E-state index is 0.812. The van der Waals surface area contributed by atoms with Crippen LogP contribution in [0.1, 0.15) is 0 Å². The molecule has 4 nitrogen and oxygen atoms in total.